The molecule has 10 aromatic heterocycles. The molecule has 9 aromatic carbocycles. The molecule has 720 valence electrons. The molecular weight excluding hydrogens is 2470 g/mol. The van der Waals surface area contributed by atoms with Crippen LogP contribution in [0.4, 0.5) is 51.4 Å². The fourth-order valence-corrected chi connectivity index (χ4v) is 15.8. The van der Waals surface area contributed by atoms with E-state index in [0.29, 0.717) is 6.42 Å². The van der Waals surface area contributed by atoms with Crippen molar-refractivity contribution < 1.29 is 84.3 Å². The number of hydrogen-bond donors (Lipinski definition) is 0. The average molecular weight is 2580 g/mol. The summed E-state index contributed by atoms with van der Waals surface area (Å²) in [4.78, 5) is 52.6. The van der Waals surface area contributed by atoms with Gasteiger partial charge in [-0.25, -0.2) is 0 Å². The fourth-order valence-electron chi connectivity index (χ4n) is 15.8. The molecule has 19 rings (SSSR count). The zero-order valence-corrected chi connectivity index (χ0v) is 91.9. The first-order chi connectivity index (χ1) is 66.4. The minimum Gasteiger partial charge on any atom is -0.405 e. The molecule has 0 saturated carbocycles. The molecule has 142 heavy (non-hydrogen) atoms. The second kappa shape index (κ2) is 48.0. The standard InChI is InChI=1S/2C36H35N3.C32H27N3.C19H16N6.4Pt/c1-35(2,3)28-23-29(36(4,5)6)25-32(24-28)39(30-15-11-13-26(21-30)33-17-7-9-19-37-33)31-16-12-14-27(22-31)34-18-8-10-20-38-34;1-35(2,3)28-23-29(36(4,5)6)25-30(24-28)39(33-21-13-19-31(37-33)26-15-9-7-10-16-26)34-22-14-20-32(38-34)27-17-11-8-12-18-27;1-32(2,3)26-16-18-27(19-17-26)35(28-12-8-10-24(22-28)30-14-4-6-20-33-30)29-13-9-11-25(23-29)31-15-5-7-21-34-31;1-24-12-20-10-18(24)16-7-3-5-14(22-16)9-15-6-4-8-17(23-15)19-11-21-13-25(19)2;;;;/h7-20,23-25H,1-6H3;7-15,17,19-25H,1-6H3;4-21H,1-3H3;3-8,12-13H,9H2,1-2H3;;;;/q4*-2;4*+2. The fraction of sp³-hybridized carbons (Fsp3) is 0.187. The van der Waals surface area contributed by atoms with E-state index in [0.717, 1.165) is 153 Å². The van der Waals surface area contributed by atoms with Gasteiger partial charge in [0.15, 0.2) is 0 Å². The maximum atomic E-state index is 5.13. The molecule has 0 spiro atoms. The maximum absolute atomic E-state index is 5.13. The molecule has 0 radical (unpaired) electrons. The van der Waals surface area contributed by atoms with E-state index < -0.39 is 0 Å². The minimum absolute atomic E-state index is 0. The molecule has 0 aliphatic carbocycles. The summed E-state index contributed by atoms with van der Waals surface area (Å²) in [6.45, 7) is 33.9. The maximum Gasteiger partial charge on any atom is 2.00 e. The van der Waals surface area contributed by atoms with E-state index in [4.69, 9.17) is 19.9 Å². The molecule has 0 aliphatic rings. The Morgan fingerprint density at radius 2 is 0.542 bits per heavy atom. The van der Waals surface area contributed by atoms with E-state index >= 15 is 0 Å². The Hall–Kier alpha value is -13.2. The van der Waals surface area contributed by atoms with Crippen LogP contribution in [0.1, 0.15) is 143 Å². The third kappa shape index (κ3) is 27.3. The van der Waals surface area contributed by atoms with E-state index in [-0.39, 0.29) is 111 Å². The van der Waals surface area contributed by atoms with E-state index in [2.05, 4.69) is 343 Å². The van der Waals surface area contributed by atoms with Crippen molar-refractivity contribution in [1.29, 1.82) is 0 Å². The van der Waals surface area contributed by atoms with E-state index in [1.165, 1.54) is 27.8 Å². The topological polar surface area (TPSA) is 148 Å². The van der Waals surface area contributed by atoms with Gasteiger partial charge in [0.2, 0.25) is 0 Å². The van der Waals surface area contributed by atoms with Crippen LogP contribution in [0, 0.1) is 48.8 Å². The molecule has 10 heterocycles. The van der Waals surface area contributed by atoms with Gasteiger partial charge in [0.05, 0.1) is 0 Å². The van der Waals surface area contributed by atoms with Crippen molar-refractivity contribution in [2.75, 3.05) is 14.7 Å². The van der Waals surface area contributed by atoms with Gasteiger partial charge in [0.1, 0.15) is 11.6 Å². The zero-order valence-electron chi connectivity index (χ0n) is 82.8. The second-order valence-corrected chi connectivity index (χ2v) is 39.2. The Kier molecular flexibility index (Phi) is 36.4. The molecule has 15 nitrogen and oxygen atoms in total. The first-order valence-corrected chi connectivity index (χ1v) is 46.6. The first kappa shape index (κ1) is 108. The summed E-state index contributed by atoms with van der Waals surface area (Å²) in [5.74, 6) is 1.61. The molecule has 0 atom stereocenters. The van der Waals surface area contributed by atoms with Crippen LogP contribution in [0.25, 0.3) is 90.3 Å². The third-order valence-corrected chi connectivity index (χ3v) is 23.5. The molecular formula is C123H113N15Pt4. The van der Waals surface area contributed by atoms with Crippen molar-refractivity contribution in [2.45, 2.75) is 137 Å². The second-order valence-electron chi connectivity index (χ2n) is 39.2. The van der Waals surface area contributed by atoms with Crippen LogP contribution in [-0.2, 0) is 132 Å². The van der Waals surface area contributed by atoms with Crippen LogP contribution >= 0.6 is 0 Å². The molecule has 0 N–H and O–H groups in total. The zero-order chi connectivity index (χ0) is 96.7. The van der Waals surface area contributed by atoms with Gasteiger partial charge >= 0.3 is 84.3 Å². The number of hydrogen-bond acceptors (Lipinski definition) is 13. The van der Waals surface area contributed by atoms with Crippen LogP contribution in [0.5, 0.6) is 0 Å². The summed E-state index contributed by atoms with van der Waals surface area (Å²) in [6, 6.07) is 132. The monoisotopic (exact) mass is 2580 g/mol. The predicted molar refractivity (Wildman–Crippen MR) is 563 cm³/mol. The number of aryl methyl sites for hydroxylation is 2. The molecule has 0 aliphatic heterocycles. The number of nitrogens with zero attached hydrogens (tertiary/aromatic N) is 15. The van der Waals surface area contributed by atoms with Crippen LogP contribution in [0.15, 0.2) is 365 Å². The van der Waals surface area contributed by atoms with Gasteiger partial charge in [-0.2, -0.15) is 0 Å². The van der Waals surface area contributed by atoms with Crippen molar-refractivity contribution >= 4 is 51.4 Å². The number of imidazole rings is 2. The van der Waals surface area contributed by atoms with Crippen molar-refractivity contribution in [2.24, 2.45) is 14.1 Å². The SMILES string of the molecule is CC(C)(C)c1cc(N(c2[c-]c(-c3ccccn3)ccc2)c2[c-]c(-c3ccccn3)ccc2)cc(C(C)(C)C)c1.CC(C)(C)c1cc(N(c2cccc(-c3[c-]cccc3)n2)c2cccc(-c3[c-]cccc3)n2)cc(C(C)(C)C)c1.CC(C)(C)c1ccc(N(c2[c-]c(-c3ccccn3)ccc2)c2[c-]c(-c3ccccn3)ccc2)cc1.Cn1cn[c-]c1-c1cccc(Cc2cccc(-c3[c-]ncn3C)n2)n1.[Pt+2].[Pt+2].[Pt+2].[Pt+2]. The van der Waals surface area contributed by atoms with Crippen LogP contribution in [-0.4, -0.2) is 59.0 Å². The predicted octanol–water partition coefficient (Wildman–Crippen LogP) is 29.6. The Morgan fingerprint density at radius 3 is 0.838 bits per heavy atom. The summed E-state index contributed by atoms with van der Waals surface area (Å²) < 4.78 is 3.81. The Morgan fingerprint density at radius 1 is 0.254 bits per heavy atom. The van der Waals surface area contributed by atoms with E-state index in [1.807, 2.05) is 230 Å². The molecule has 0 unspecified atom stereocenters. The summed E-state index contributed by atoms with van der Waals surface area (Å²) in [6.07, 6.45) is 17.3. The van der Waals surface area contributed by atoms with Gasteiger partial charge in [-0.15, -0.1) is 191 Å². The van der Waals surface area contributed by atoms with Gasteiger partial charge in [-0.1, -0.05) is 238 Å². The van der Waals surface area contributed by atoms with Crippen molar-refractivity contribution in [1.82, 2.24) is 59.0 Å². The van der Waals surface area contributed by atoms with Crippen LogP contribution in [0.2, 0.25) is 0 Å². The van der Waals surface area contributed by atoms with Crippen molar-refractivity contribution in [3.05, 3.63) is 453 Å². The van der Waals surface area contributed by atoms with E-state index in [1.54, 1.807) is 12.7 Å². The quantitative estimate of drug-likeness (QED) is 0.0708. The van der Waals surface area contributed by atoms with Gasteiger partial charge in [0.25, 0.3) is 0 Å². The molecule has 0 bridgehead atoms. The first-order valence-electron chi connectivity index (χ1n) is 46.6. The van der Waals surface area contributed by atoms with Gasteiger partial charge in [-0.3, -0.25) is 14.9 Å². The van der Waals surface area contributed by atoms with Gasteiger partial charge in [0, 0.05) is 59.7 Å². The molecule has 0 fully saturated rings. The summed E-state index contributed by atoms with van der Waals surface area (Å²) in [5, 5.41) is 0. The Balaban J connectivity index is 0.000000169. The minimum atomic E-state index is -0.0236. The molecule has 19 aromatic rings. The van der Waals surface area contributed by atoms with Gasteiger partial charge in [-0.05, 0) is 246 Å². The average Bonchev–Trinajstić information content (AvgIpc) is 1.05. The van der Waals surface area contributed by atoms with E-state index in [9.17, 15) is 0 Å². The molecule has 0 amide bonds. The smallest absolute Gasteiger partial charge is 0.405 e. The normalized spacial score (nSPS) is 11.2. The number of rotatable bonds is 19. The van der Waals surface area contributed by atoms with Gasteiger partial charge < -0.3 is 58.8 Å². The summed E-state index contributed by atoms with van der Waals surface area (Å²) in [5.41, 5.74) is 29.6. The largest absolute Gasteiger partial charge is 2.00 e. The van der Waals surface area contributed by atoms with Crippen LogP contribution < -0.4 is 14.7 Å². The third-order valence-electron chi connectivity index (χ3n) is 23.5. The number of benzene rings is 9. The Labute approximate surface area is 896 Å². The number of pyridine rings is 8. The van der Waals surface area contributed by atoms with Crippen molar-refractivity contribution in [3.63, 3.8) is 0 Å². The van der Waals surface area contributed by atoms with Crippen molar-refractivity contribution in [3.8, 4) is 90.3 Å². The molecule has 19 heteroatoms. The number of anilines is 9. The number of aromatic nitrogens is 12. The molecule has 0 saturated heterocycles. The van der Waals surface area contributed by atoms with Crippen LogP contribution in [0.3, 0.4) is 0 Å². The Bertz CT molecular complexity index is 6660. The summed E-state index contributed by atoms with van der Waals surface area (Å²) in [7, 11) is 3.87. The summed E-state index contributed by atoms with van der Waals surface area (Å²) >= 11 is 0.